The van der Waals surface area contributed by atoms with Gasteiger partial charge in [0.2, 0.25) is 5.91 Å². The molecule has 2 aromatic carbocycles. The van der Waals surface area contributed by atoms with Crippen LogP contribution in [0, 0.1) is 0 Å². The van der Waals surface area contributed by atoms with Gasteiger partial charge in [-0.3, -0.25) is 9.59 Å². The van der Waals surface area contributed by atoms with E-state index >= 15 is 0 Å². The zero-order chi connectivity index (χ0) is 20.5. The SMILES string of the molecule is CC(=O)N1CCc2cc(C(=O)N[C@@H](Cc3c[nH]c4ccccc34)C(=O)O)ccc21. The lowest BCUT2D eigenvalue weighted by Crippen LogP contribution is -2.42. The number of fused-ring (bicyclic) bond motifs is 2. The molecule has 2 amide bonds. The molecule has 2 heterocycles. The van der Waals surface area contributed by atoms with E-state index in [-0.39, 0.29) is 12.3 Å². The van der Waals surface area contributed by atoms with Gasteiger partial charge in [-0.1, -0.05) is 18.2 Å². The predicted octanol–water partition coefficient (Wildman–Crippen LogP) is 2.50. The van der Waals surface area contributed by atoms with Crippen molar-refractivity contribution in [3.63, 3.8) is 0 Å². The molecule has 0 unspecified atom stereocenters. The van der Waals surface area contributed by atoms with E-state index < -0.39 is 17.9 Å². The largest absolute Gasteiger partial charge is 0.480 e. The Morgan fingerprint density at radius 3 is 2.76 bits per heavy atom. The van der Waals surface area contributed by atoms with Crippen LogP contribution in [0.1, 0.15) is 28.4 Å². The second kappa shape index (κ2) is 7.43. The number of para-hydroxylation sites is 1. The predicted molar refractivity (Wildman–Crippen MR) is 109 cm³/mol. The van der Waals surface area contributed by atoms with Gasteiger partial charge >= 0.3 is 5.97 Å². The second-order valence-corrected chi connectivity index (χ2v) is 7.19. The van der Waals surface area contributed by atoms with Crippen molar-refractivity contribution in [3.8, 4) is 0 Å². The number of rotatable bonds is 5. The van der Waals surface area contributed by atoms with E-state index in [1.165, 1.54) is 6.92 Å². The van der Waals surface area contributed by atoms with Gasteiger partial charge in [0.15, 0.2) is 0 Å². The van der Waals surface area contributed by atoms with Gasteiger partial charge < -0.3 is 20.3 Å². The van der Waals surface area contributed by atoms with Crippen LogP contribution >= 0.6 is 0 Å². The topological polar surface area (TPSA) is 103 Å². The van der Waals surface area contributed by atoms with Gasteiger partial charge in [-0.25, -0.2) is 4.79 Å². The van der Waals surface area contributed by atoms with Crippen LogP contribution < -0.4 is 10.2 Å². The summed E-state index contributed by atoms with van der Waals surface area (Å²) in [5.41, 5.74) is 3.87. The van der Waals surface area contributed by atoms with E-state index in [9.17, 15) is 19.5 Å². The van der Waals surface area contributed by atoms with Crippen LogP contribution in [0.2, 0.25) is 0 Å². The van der Waals surface area contributed by atoms with Crippen molar-refractivity contribution in [3.05, 3.63) is 65.4 Å². The highest BCUT2D eigenvalue weighted by Crippen LogP contribution is 2.29. The van der Waals surface area contributed by atoms with Crippen LogP contribution in [0.4, 0.5) is 5.69 Å². The zero-order valence-corrected chi connectivity index (χ0v) is 15.9. The molecule has 3 aromatic rings. The number of carboxylic acid groups (broad SMARTS) is 1. The molecule has 0 spiro atoms. The van der Waals surface area contributed by atoms with Gasteiger partial charge in [0.05, 0.1) is 0 Å². The van der Waals surface area contributed by atoms with Crippen molar-refractivity contribution in [2.45, 2.75) is 25.8 Å². The summed E-state index contributed by atoms with van der Waals surface area (Å²) in [6.45, 7) is 2.10. The molecule has 3 N–H and O–H groups in total. The number of benzene rings is 2. The molecule has 0 saturated carbocycles. The number of aliphatic carboxylic acids is 1. The monoisotopic (exact) mass is 391 g/mol. The summed E-state index contributed by atoms with van der Waals surface area (Å²) in [5, 5.41) is 13.2. The fourth-order valence-corrected chi connectivity index (χ4v) is 3.83. The van der Waals surface area contributed by atoms with Crippen LogP contribution in [-0.2, 0) is 22.4 Å². The van der Waals surface area contributed by atoms with Gasteiger partial charge in [0, 0.05) is 48.2 Å². The fraction of sp³-hybridized carbons (Fsp3) is 0.227. The third-order valence-corrected chi connectivity index (χ3v) is 5.32. The van der Waals surface area contributed by atoms with E-state index in [1.54, 1.807) is 29.3 Å². The maximum absolute atomic E-state index is 12.7. The van der Waals surface area contributed by atoms with E-state index in [2.05, 4.69) is 10.3 Å². The first-order chi connectivity index (χ1) is 13.9. The molecular formula is C22H21N3O4. The second-order valence-electron chi connectivity index (χ2n) is 7.19. The quantitative estimate of drug-likeness (QED) is 0.622. The number of aromatic amines is 1. The van der Waals surface area contributed by atoms with Crippen molar-refractivity contribution >= 4 is 34.4 Å². The van der Waals surface area contributed by atoms with Crippen LogP contribution in [0.5, 0.6) is 0 Å². The number of anilines is 1. The number of carbonyl (C=O) groups is 3. The number of amides is 2. The summed E-state index contributed by atoms with van der Waals surface area (Å²) < 4.78 is 0. The maximum Gasteiger partial charge on any atom is 0.326 e. The number of nitrogens with zero attached hydrogens (tertiary/aromatic N) is 1. The Hall–Kier alpha value is -3.61. The molecule has 1 aliphatic heterocycles. The van der Waals surface area contributed by atoms with Crippen LogP contribution in [0.3, 0.4) is 0 Å². The Kier molecular flexibility index (Phi) is 4.80. The Morgan fingerprint density at radius 1 is 1.21 bits per heavy atom. The molecule has 0 radical (unpaired) electrons. The summed E-state index contributed by atoms with van der Waals surface area (Å²) in [5.74, 6) is -1.57. The number of H-pyrrole nitrogens is 1. The van der Waals surface area contributed by atoms with Crippen molar-refractivity contribution in [1.29, 1.82) is 0 Å². The Labute approximate surface area is 167 Å². The number of nitrogens with one attached hydrogen (secondary N) is 2. The Bertz CT molecular complexity index is 1120. The molecule has 1 aromatic heterocycles. The Morgan fingerprint density at radius 2 is 2.00 bits per heavy atom. The minimum atomic E-state index is -1.09. The molecule has 0 aliphatic carbocycles. The first-order valence-electron chi connectivity index (χ1n) is 9.43. The van der Waals surface area contributed by atoms with Crippen LogP contribution in [0.15, 0.2) is 48.7 Å². The molecule has 29 heavy (non-hydrogen) atoms. The van der Waals surface area contributed by atoms with E-state index in [0.29, 0.717) is 18.5 Å². The van der Waals surface area contributed by atoms with Crippen LogP contribution in [-0.4, -0.2) is 40.5 Å². The lowest BCUT2D eigenvalue weighted by molar-refractivity contribution is -0.139. The van der Waals surface area contributed by atoms with Crippen molar-refractivity contribution in [1.82, 2.24) is 10.3 Å². The highest BCUT2D eigenvalue weighted by atomic mass is 16.4. The minimum absolute atomic E-state index is 0.0365. The summed E-state index contributed by atoms with van der Waals surface area (Å²) >= 11 is 0. The van der Waals surface area contributed by atoms with Gasteiger partial charge in [-0.15, -0.1) is 0 Å². The lowest BCUT2D eigenvalue weighted by atomic mass is 10.0. The molecule has 1 aliphatic rings. The third kappa shape index (κ3) is 3.59. The summed E-state index contributed by atoms with van der Waals surface area (Å²) in [6.07, 6.45) is 2.63. The molecular weight excluding hydrogens is 370 g/mol. The smallest absolute Gasteiger partial charge is 0.326 e. The number of carbonyl (C=O) groups excluding carboxylic acids is 2. The van der Waals surface area contributed by atoms with Gasteiger partial charge in [-0.05, 0) is 41.8 Å². The van der Waals surface area contributed by atoms with Crippen molar-refractivity contribution < 1.29 is 19.5 Å². The fourth-order valence-electron chi connectivity index (χ4n) is 3.83. The first-order valence-corrected chi connectivity index (χ1v) is 9.43. The molecule has 0 saturated heterocycles. The molecule has 7 heteroatoms. The number of hydrogen-bond donors (Lipinski definition) is 3. The molecule has 148 valence electrons. The average molecular weight is 391 g/mol. The summed E-state index contributed by atoms with van der Waals surface area (Å²) in [6, 6.07) is 11.7. The summed E-state index contributed by atoms with van der Waals surface area (Å²) in [7, 11) is 0. The maximum atomic E-state index is 12.7. The highest BCUT2D eigenvalue weighted by Gasteiger charge is 2.25. The lowest BCUT2D eigenvalue weighted by Gasteiger charge is -2.16. The highest BCUT2D eigenvalue weighted by molar-refractivity contribution is 5.99. The molecule has 4 rings (SSSR count). The molecule has 1 atom stereocenters. The molecule has 0 fully saturated rings. The summed E-state index contributed by atoms with van der Waals surface area (Å²) in [4.78, 5) is 40.9. The molecule has 0 bridgehead atoms. The van der Waals surface area contributed by atoms with Crippen LogP contribution in [0.25, 0.3) is 10.9 Å². The van der Waals surface area contributed by atoms with Gasteiger partial charge in [0.1, 0.15) is 6.04 Å². The molecule has 7 nitrogen and oxygen atoms in total. The van der Waals surface area contributed by atoms with Gasteiger partial charge in [-0.2, -0.15) is 0 Å². The van der Waals surface area contributed by atoms with E-state index in [0.717, 1.165) is 27.7 Å². The zero-order valence-electron chi connectivity index (χ0n) is 15.9. The number of aromatic nitrogens is 1. The van der Waals surface area contributed by atoms with E-state index in [1.807, 2.05) is 24.3 Å². The normalized spacial score (nSPS) is 13.9. The van der Waals surface area contributed by atoms with Crippen molar-refractivity contribution in [2.24, 2.45) is 0 Å². The third-order valence-electron chi connectivity index (χ3n) is 5.32. The number of carboxylic acids is 1. The number of hydrogen-bond acceptors (Lipinski definition) is 3. The van der Waals surface area contributed by atoms with E-state index in [4.69, 9.17) is 0 Å². The van der Waals surface area contributed by atoms with Gasteiger partial charge in [0.25, 0.3) is 5.91 Å². The average Bonchev–Trinajstić information content (AvgIpc) is 3.31. The minimum Gasteiger partial charge on any atom is -0.480 e. The van der Waals surface area contributed by atoms with Crippen molar-refractivity contribution in [2.75, 3.05) is 11.4 Å². The Balaban J connectivity index is 1.53. The standard InChI is InChI=1S/C22H21N3O4/c1-13(26)25-9-8-14-10-15(6-7-20(14)25)21(27)24-19(22(28)29)11-16-12-23-18-5-3-2-4-17(16)18/h2-7,10,12,19,23H,8-9,11H2,1H3,(H,24,27)(H,28,29)/t19-/m0/s1. The first kappa shape index (κ1) is 18.7.